The number of methoxy groups -OCH3 is 1. The van der Waals surface area contributed by atoms with E-state index in [9.17, 15) is 4.79 Å². The Balaban J connectivity index is 1.53. The minimum atomic E-state index is -0.288. The lowest BCUT2D eigenvalue weighted by atomic mass is 10.0. The van der Waals surface area contributed by atoms with Crippen LogP contribution in [0.25, 0.3) is 0 Å². The number of thiocarbonyl (C=S) groups is 1. The number of nitrogens with one attached hydrogen (secondary N) is 2. The monoisotopic (exact) mass is 421 g/mol. The molecule has 0 aromatic carbocycles. The fraction of sp³-hybridized carbons (Fsp3) is 0.526. The number of hydrogen-bond donors (Lipinski definition) is 2. The summed E-state index contributed by atoms with van der Waals surface area (Å²) in [5.41, 5.74) is 3.00. The van der Waals surface area contributed by atoms with Crippen LogP contribution in [0.15, 0.2) is 0 Å². The highest BCUT2D eigenvalue weighted by Gasteiger charge is 2.26. The van der Waals surface area contributed by atoms with Gasteiger partial charge in [-0.3, -0.25) is 0 Å². The molecule has 27 heavy (non-hydrogen) atoms. The summed E-state index contributed by atoms with van der Waals surface area (Å²) in [5, 5.41) is 8.53. The third-order valence-corrected chi connectivity index (χ3v) is 7.59. The van der Waals surface area contributed by atoms with Crippen molar-refractivity contribution >= 4 is 56.1 Å². The lowest BCUT2D eigenvalue weighted by Gasteiger charge is -2.09. The minimum absolute atomic E-state index is 0.288. The molecule has 0 atom stereocenters. The molecule has 2 aliphatic carbocycles. The molecule has 0 saturated carbocycles. The first-order valence-corrected chi connectivity index (χ1v) is 11.5. The van der Waals surface area contributed by atoms with Crippen LogP contribution >= 0.6 is 34.9 Å². The summed E-state index contributed by atoms with van der Waals surface area (Å²) in [4.78, 5) is 19.7. The van der Waals surface area contributed by atoms with Crippen LogP contribution in [0.4, 0.5) is 10.1 Å². The molecule has 2 aromatic heterocycles. The minimum Gasteiger partial charge on any atom is -0.465 e. The molecule has 0 fully saturated rings. The smallest absolute Gasteiger partial charge is 0.341 e. The molecule has 0 aliphatic heterocycles. The summed E-state index contributed by atoms with van der Waals surface area (Å²) < 4.78 is 5.05. The summed E-state index contributed by atoms with van der Waals surface area (Å²) in [5.74, 6) is -0.288. The van der Waals surface area contributed by atoms with Crippen molar-refractivity contribution in [2.24, 2.45) is 0 Å². The van der Waals surface area contributed by atoms with E-state index in [0.717, 1.165) is 47.8 Å². The quantitative estimate of drug-likeness (QED) is 0.415. The van der Waals surface area contributed by atoms with Gasteiger partial charge in [0, 0.05) is 9.75 Å². The highest BCUT2D eigenvalue weighted by molar-refractivity contribution is 7.80. The maximum absolute atomic E-state index is 12.4. The maximum Gasteiger partial charge on any atom is 0.341 e. The summed E-state index contributed by atoms with van der Waals surface area (Å²) in [6, 6.07) is 0. The molecule has 0 spiro atoms. The van der Waals surface area contributed by atoms with Crippen molar-refractivity contribution in [3.8, 4) is 0 Å². The van der Waals surface area contributed by atoms with Gasteiger partial charge in [-0.2, -0.15) is 0 Å². The van der Waals surface area contributed by atoms with E-state index in [-0.39, 0.29) is 5.97 Å². The number of rotatable bonds is 3. The molecular weight excluding hydrogens is 398 g/mol. The third kappa shape index (κ3) is 4.02. The van der Waals surface area contributed by atoms with Crippen LogP contribution in [0.5, 0.6) is 0 Å². The molecule has 0 amide bonds. The Kier molecular flexibility index (Phi) is 5.75. The number of carbonyl (C=O) groups excluding carboxylic acids is 1. The average Bonchev–Trinajstić information content (AvgIpc) is 3.13. The molecule has 0 bridgehead atoms. The van der Waals surface area contributed by atoms with Crippen LogP contribution in [0.2, 0.25) is 0 Å². The van der Waals surface area contributed by atoms with E-state index < -0.39 is 0 Å². The Morgan fingerprint density at radius 2 is 1.74 bits per heavy atom. The summed E-state index contributed by atoms with van der Waals surface area (Å²) in [6.07, 6.45) is 10.0. The molecule has 0 saturated heterocycles. The zero-order chi connectivity index (χ0) is 18.8. The van der Waals surface area contributed by atoms with Gasteiger partial charge < -0.3 is 15.4 Å². The van der Waals surface area contributed by atoms with Crippen LogP contribution in [0.3, 0.4) is 0 Å². The van der Waals surface area contributed by atoms with Crippen LogP contribution < -0.4 is 10.6 Å². The predicted octanol–water partition coefficient (Wildman–Crippen LogP) is 4.95. The maximum atomic E-state index is 12.4. The number of carbonyl (C=O) groups is 1. The number of nitrogens with zero attached hydrogens (tertiary/aromatic N) is 1. The van der Waals surface area contributed by atoms with Gasteiger partial charge in [0.1, 0.15) is 5.00 Å². The Morgan fingerprint density at radius 3 is 2.56 bits per heavy atom. The van der Waals surface area contributed by atoms with Gasteiger partial charge in [0.15, 0.2) is 10.2 Å². The molecule has 2 heterocycles. The van der Waals surface area contributed by atoms with Crippen molar-refractivity contribution in [1.82, 2.24) is 4.98 Å². The summed E-state index contributed by atoms with van der Waals surface area (Å²) >= 11 is 8.82. The van der Waals surface area contributed by atoms with Gasteiger partial charge in [-0.25, -0.2) is 9.78 Å². The topological polar surface area (TPSA) is 63.2 Å². The highest BCUT2D eigenvalue weighted by atomic mass is 32.1. The first-order valence-electron chi connectivity index (χ1n) is 9.45. The number of esters is 1. The van der Waals surface area contributed by atoms with E-state index in [0.29, 0.717) is 10.7 Å². The zero-order valence-corrected chi connectivity index (χ0v) is 17.8. The first kappa shape index (κ1) is 18.8. The standard InChI is InChI=1S/C19H23N3O2S3/c1-24-17(23)15-11-7-3-2-4-9-13(11)26-16(15)21-18(25)22-19-20-12-8-5-6-10-14(12)27-19/h2-10H2,1H3,(H2,20,21,22,25). The number of thiazole rings is 1. The van der Waals surface area contributed by atoms with Gasteiger partial charge in [-0.05, 0) is 69.1 Å². The molecule has 144 valence electrons. The normalized spacial score (nSPS) is 16.0. The average molecular weight is 422 g/mol. The molecular formula is C19H23N3O2S3. The van der Waals surface area contributed by atoms with Crippen LogP contribution in [-0.4, -0.2) is 23.2 Å². The highest BCUT2D eigenvalue weighted by Crippen LogP contribution is 2.38. The number of aromatic nitrogens is 1. The molecule has 2 aromatic rings. The Morgan fingerprint density at radius 1 is 1.00 bits per heavy atom. The van der Waals surface area contributed by atoms with Gasteiger partial charge in [0.25, 0.3) is 0 Å². The predicted molar refractivity (Wildman–Crippen MR) is 116 cm³/mol. The van der Waals surface area contributed by atoms with Crippen LogP contribution in [-0.2, 0) is 30.4 Å². The molecule has 5 nitrogen and oxygen atoms in total. The van der Waals surface area contributed by atoms with Crippen molar-refractivity contribution in [2.45, 2.75) is 57.8 Å². The van der Waals surface area contributed by atoms with Crippen molar-refractivity contribution in [3.63, 3.8) is 0 Å². The number of anilines is 2. The largest absolute Gasteiger partial charge is 0.465 e. The fourth-order valence-electron chi connectivity index (χ4n) is 3.79. The van der Waals surface area contributed by atoms with E-state index in [1.807, 2.05) is 0 Å². The Labute approximate surface area is 172 Å². The van der Waals surface area contributed by atoms with Crippen molar-refractivity contribution in [1.29, 1.82) is 0 Å². The molecule has 8 heteroatoms. The van der Waals surface area contributed by atoms with Crippen molar-refractivity contribution < 1.29 is 9.53 Å². The van der Waals surface area contributed by atoms with Crippen LogP contribution in [0.1, 0.15) is 63.5 Å². The first-order chi connectivity index (χ1) is 13.2. The zero-order valence-electron chi connectivity index (χ0n) is 15.4. The number of ether oxygens (including phenoxy) is 1. The summed E-state index contributed by atoms with van der Waals surface area (Å²) in [7, 11) is 1.43. The number of thiophene rings is 1. The number of fused-ring (bicyclic) bond motifs is 2. The van der Waals surface area contributed by atoms with Gasteiger partial charge in [-0.1, -0.05) is 6.42 Å². The third-order valence-electron chi connectivity index (χ3n) is 5.10. The van der Waals surface area contributed by atoms with E-state index in [2.05, 4.69) is 15.6 Å². The molecule has 0 unspecified atom stereocenters. The van der Waals surface area contributed by atoms with Gasteiger partial charge in [0.05, 0.1) is 18.4 Å². The molecule has 0 radical (unpaired) electrons. The van der Waals surface area contributed by atoms with Crippen molar-refractivity contribution in [2.75, 3.05) is 17.7 Å². The number of hydrogen-bond acceptors (Lipinski definition) is 6. The van der Waals surface area contributed by atoms with E-state index in [4.69, 9.17) is 17.0 Å². The number of aryl methyl sites for hydroxylation is 3. The second-order valence-corrected chi connectivity index (χ2v) is 9.53. The molecule has 4 rings (SSSR count). The second kappa shape index (κ2) is 8.24. The summed E-state index contributed by atoms with van der Waals surface area (Å²) in [6.45, 7) is 0. The van der Waals surface area contributed by atoms with E-state index in [1.54, 1.807) is 22.7 Å². The second-order valence-electron chi connectivity index (χ2n) is 6.94. The fourth-order valence-corrected chi connectivity index (χ4v) is 6.45. The van der Waals surface area contributed by atoms with E-state index in [1.165, 1.54) is 48.2 Å². The van der Waals surface area contributed by atoms with Crippen molar-refractivity contribution in [3.05, 3.63) is 26.6 Å². The lowest BCUT2D eigenvalue weighted by molar-refractivity contribution is 0.0601. The Bertz CT molecular complexity index is 848. The van der Waals surface area contributed by atoms with Gasteiger partial charge in [0.2, 0.25) is 0 Å². The van der Waals surface area contributed by atoms with Crippen LogP contribution in [0, 0.1) is 0 Å². The molecule has 2 N–H and O–H groups in total. The SMILES string of the molecule is COC(=O)c1c(NC(=S)Nc2nc3c(s2)CCCC3)sc2c1CCCCC2. The van der Waals surface area contributed by atoms with Gasteiger partial charge in [-0.15, -0.1) is 22.7 Å². The van der Waals surface area contributed by atoms with Gasteiger partial charge >= 0.3 is 5.97 Å². The van der Waals surface area contributed by atoms with E-state index >= 15 is 0 Å². The lowest BCUT2D eigenvalue weighted by Crippen LogP contribution is -2.20. The Hall–Kier alpha value is -1.51. The molecule has 2 aliphatic rings.